The average Bonchev–Trinajstić information content (AvgIpc) is 2.95. The molecule has 5 heteroatoms. The molecule has 3 rings (SSSR count). The van der Waals surface area contributed by atoms with Crippen LogP contribution in [0.15, 0.2) is 41.3 Å². The lowest BCUT2D eigenvalue weighted by atomic mass is 10.0. The van der Waals surface area contributed by atoms with E-state index in [-0.39, 0.29) is 5.91 Å². The van der Waals surface area contributed by atoms with Gasteiger partial charge < -0.3 is 4.98 Å². The summed E-state index contributed by atoms with van der Waals surface area (Å²) in [5.41, 5.74) is 7.57. The van der Waals surface area contributed by atoms with E-state index in [1.165, 1.54) is 0 Å². The minimum Gasteiger partial charge on any atom is -0.359 e. The minimum atomic E-state index is -0.199. The average molecular weight is 266 g/mol. The molecule has 2 N–H and O–H groups in total. The van der Waals surface area contributed by atoms with Gasteiger partial charge in [-0.3, -0.25) is 9.78 Å². The highest BCUT2D eigenvalue weighted by Gasteiger charge is 2.24. The van der Waals surface area contributed by atoms with Gasteiger partial charge in [0.05, 0.1) is 5.57 Å². The number of hydrazone groups is 1. The van der Waals surface area contributed by atoms with Gasteiger partial charge in [-0.15, -0.1) is 0 Å². The molecule has 1 amide bonds. The van der Waals surface area contributed by atoms with E-state index < -0.39 is 0 Å². The van der Waals surface area contributed by atoms with Gasteiger partial charge in [0.2, 0.25) is 0 Å². The van der Waals surface area contributed by atoms with Crippen molar-refractivity contribution in [2.45, 2.75) is 13.8 Å². The molecule has 0 bridgehead atoms. The molecule has 5 nitrogen and oxygen atoms in total. The summed E-state index contributed by atoms with van der Waals surface area (Å²) < 4.78 is 0. The highest BCUT2D eigenvalue weighted by atomic mass is 16.2. The van der Waals surface area contributed by atoms with Crippen LogP contribution in [0.2, 0.25) is 0 Å². The Morgan fingerprint density at radius 3 is 2.80 bits per heavy atom. The minimum absolute atomic E-state index is 0.199. The van der Waals surface area contributed by atoms with Crippen molar-refractivity contribution in [3.8, 4) is 0 Å². The first kappa shape index (κ1) is 12.3. The summed E-state index contributed by atoms with van der Waals surface area (Å²) >= 11 is 0. The lowest BCUT2D eigenvalue weighted by molar-refractivity contribution is -0.116. The molecule has 0 unspecified atom stereocenters. The first-order valence-electron chi connectivity index (χ1n) is 6.32. The van der Waals surface area contributed by atoms with Crippen LogP contribution in [0, 0.1) is 13.8 Å². The number of rotatable bonds is 2. The van der Waals surface area contributed by atoms with Gasteiger partial charge in [-0.25, -0.2) is 5.43 Å². The number of hydrogen-bond acceptors (Lipinski definition) is 3. The Hall–Kier alpha value is -2.69. The van der Waals surface area contributed by atoms with Crippen LogP contribution in [0.1, 0.15) is 22.5 Å². The molecule has 0 aromatic carbocycles. The van der Waals surface area contributed by atoms with E-state index in [1.807, 2.05) is 38.1 Å². The monoisotopic (exact) mass is 266 g/mol. The van der Waals surface area contributed by atoms with E-state index >= 15 is 0 Å². The Balaban J connectivity index is 2.05. The van der Waals surface area contributed by atoms with Gasteiger partial charge in [-0.05, 0) is 43.7 Å². The summed E-state index contributed by atoms with van der Waals surface area (Å²) in [4.78, 5) is 19.3. The van der Waals surface area contributed by atoms with Crippen molar-refractivity contribution < 1.29 is 4.79 Å². The third-order valence-corrected chi connectivity index (χ3v) is 3.18. The molecule has 3 heterocycles. The van der Waals surface area contributed by atoms with Crippen molar-refractivity contribution in [3.63, 3.8) is 0 Å². The molecule has 20 heavy (non-hydrogen) atoms. The lowest BCUT2D eigenvalue weighted by Crippen LogP contribution is -2.13. The van der Waals surface area contributed by atoms with Crippen molar-refractivity contribution >= 4 is 17.7 Å². The summed E-state index contributed by atoms with van der Waals surface area (Å²) in [5.74, 6) is -0.199. The first-order chi connectivity index (χ1) is 9.65. The van der Waals surface area contributed by atoms with Crippen molar-refractivity contribution in [2.24, 2.45) is 5.10 Å². The number of nitrogens with zero attached hydrogens (tertiary/aromatic N) is 2. The zero-order chi connectivity index (χ0) is 14.1. The highest BCUT2D eigenvalue weighted by molar-refractivity contribution is 6.33. The Bertz CT molecular complexity index is 726. The maximum Gasteiger partial charge on any atom is 0.273 e. The van der Waals surface area contributed by atoms with Gasteiger partial charge >= 0.3 is 0 Å². The van der Waals surface area contributed by atoms with E-state index in [0.717, 1.165) is 22.5 Å². The second kappa shape index (κ2) is 4.77. The largest absolute Gasteiger partial charge is 0.359 e. The maximum absolute atomic E-state index is 12.0. The molecule has 2 aromatic heterocycles. The summed E-state index contributed by atoms with van der Waals surface area (Å²) in [7, 11) is 0. The van der Waals surface area contributed by atoms with Crippen molar-refractivity contribution in [3.05, 3.63) is 58.7 Å². The third-order valence-electron chi connectivity index (χ3n) is 3.18. The van der Waals surface area contributed by atoms with Crippen LogP contribution in [0.5, 0.6) is 0 Å². The molecule has 0 spiro atoms. The number of aromatic nitrogens is 2. The van der Waals surface area contributed by atoms with Gasteiger partial charge in [-0.2, -0.15) is 5.10 Å². The van der Waals surface area contributed by atoms with E-state index in [0.29, 0.717) is 11.3 Å². The number of pyridine rings is 1. The number of H-pyrrole nitrogens is 1. The molecule has 0 atom stereocenters. The van der Waals surface area contributed by atoms with Crippen molar-refractivity contribution in [2.75, 3.05) is 0 Å². The molecule has 0 aliphatic carbocycles. The maximum atomic E-state index is 12.0. The SMILES string of the molecule is Cc1cc(C)c(C=C2C(=O)NN=C2c2cccnc2)[nH]1. The Morgan fingerprint density at radius 2 is 2.15 bits per heavy atom. The van der Waals surface area contributed by atoms with Crippen LogP contribution in [-0.4, -0.2) is 21.6 Å². The predicted molar refractivity (Wildman–Crippen MR) is 77.2 cm³/mol. The van der Waals surface area contributed by atoms with Crippen LogP contribution in [0.3, 0.4) is 0 Å². The summed E-state index contributed by atoms with van der Waals surface area (Å²) in [6.07, 6.45) is 5.21. The van der Waals surface area contributed by atoms with Crippen LogP contribution in [0.4, 0.5) is 0 Å². The van der Waals surface area contributed by atoms with Crippen LogP contribution in [-0.2, 0) is 4.79 Å². The number of aromatic amines is 1. The van der Waals surface area contributed by atoms with Crippen LogP contribution in [0.25, 0.3) is 6.08 Å². The van der Waals surface area contributed by atoms with Crippen molar-refractivity contribution in [1.29, 1.82) is 0 Å². The number of carbonyl (C=O) groups excluding carboxylic acids is 1. The Labute approximate surface area is 116 Å². The topological polar surface area (TPSA) is 70.1 Å². The lowest BCUT2D eigenvalue weighted by Gasteiger charge is -2.01. The standard InChI is InChI=1S/C15H14N4O/c1-9-6-10(2)17-13(9)7-12-14(18-19-15(12)20)11-4-3-5-16-8-11/h3-8,17H,1-2H3,(H,19,20). The summed E-state index contributed by atoms with van der Waals surface area (Å²) in [5, 5.41) is 4.10. The van der Waals surface area contributed by atoms with E-state index in [4.69, 9.17) is 0 Å². The van der Waals surface area contributed by atoms with Gasteiger partial charge in [0.1, 0.15) is 5.71 Å². The fourth-order valence-electron chi connectivity index (χ4n) is 2.24. The fourth-order valence-corrected chi connectivity index (χ4v) is 2.24. The molecule has 0 radical (unpaired) electrons. The van der Waals surface area contributed by atoms with E-state index in [9.17, 15) is 4.79 Å². The summed E-state index contributed by atoms with van der Waals surface area (Å²) in [6, 6.07) is 5.75. The molecular weight excluding hydrogens is 252 g/mol. The summed E-state index contributed by atoms with van der Waals surface area (Å²) in [6.45, 7) is 3.99. The number of carbonyl (C=O) groups is 1. The smallest absolute Gasteiger partial charge is 0.273 e. The van der Waals surface area contributed by atoms with Crippen LogP contribution >= 0.6 is 0 Å². The number of aryl methyl sites for hydroxylation is 2. The Kier molecular flexibility index (Phi) is 2.95. The van der Waals surface area contributed by atoms with E-state index in [2.05, 4.69) is 20.5 Å². The molecule has 0 saturated heterocycles. The van der Waals surface area contributed by atoms with Crippen molar-refractivity contribution in [1.82, 2.24) is 15.4 Å². The zero-order valence-electron chi connectivity index (χ0n) is 11.3. The third kappa shape index (κ3) is 2.14. The van der Waals surface area contributed by atoms with E-state index in [1.54, 1.807) is 12.4 Å². The second-order valence-electron chi connectivity index (χ2n) is 4.75. The molecule has 0 fully saturated rings. The Morgan fingerprint density at radius 1 is 1.30 bits per heavy atom. The molecule has 1 aliphatic rings. The first-order valence-corrected chi connectivity index (χ1v) is 6.32. The normalized spacial score (nSPS) is 16.4. The molecule has 2 aromatic rings. The predicted octanol–water partition coefficient (Wildman–Crippen LogP) is 1.94. The number of hydrogen-bond donors (Lipinski definition) is 2. The molecular formula is C15H14N4O. The quantitative estimate of drug-likeness (QED) is 0.815. The van der Waals surface area contributed by atoms with Crippen LogP contribution < -0.4 is 5.43 Å². The number of amides is 1. The molecule has 100 valence electrons. The van der Waals surface area contributed by atoms with Gasteiger partial charge in [-0.1, -0.05) is 0 Å². The molecule has 0 saturated carbocycles. The second-order valence-corrected chi connectivity index (χ2v) is 4.75. The fraction of sp³-hybridized carbons (Fsp3) is 0.133. The number of nitrogens with one attached hydrogen (secondary N) is 2. The van der Waals surface area contributed by atoms with Gasteiger partial charge in [0.25, 0.3) is 5.91 Å². The van der Waals surface area contributed by atoms with Gasteiger partial charge in [0, 0.05) is 29.3 Å². The highest BCUT2D eigenvalue weighted by Crippen LogP contribution is 2.19. The zero-order valence-corrected chi connectivity index (χ0v) is 11.3. The molecule has 1 aliphatic heterocycles. The van der Waals surface area contributed by atoms with Gasteiger partial charge in [0.15, 0.2) is 0 Å².